The number of carbonyl (C=O) groups is 1. The van der Waals surface area contributed by atoms with E-state index >= 15 is 0 Å². The number of hydrogen-bond acceptors (Lipinski definition) is 4. The van der Waals surface area contributed by atoms with Crippen molar-refractivity contribution in [3.63, 3.8) is 0 Å². The average molecular weight is 376 g/mol. The lowest BCUT2D eigenvalue weighted by molar-refractivity contribution is -0.141. The van der Waals surface area contributed by atoms with Crippen molar-refractivity contribution in [3.05, 3.63) is 58.9 Å². The third-order valence-electron chi connectivity index (χ3n) is 5.10. The first kappa shape index (κ1) is 17.9. The second kappa shape index (κ2) is 6.94. The quantitative estimate of drug-likeness (QED) is 0.846. The van der Waals surface area contributed by atoms with Crippen molar-refractivity contribution in [1.82, 2.24) is 15.2 Å². The van der Waals surface area contributed by atoms with Crippen molar-refractivity contribution in [2.75, 3.05) is 31.5 Å². The van der Waals surface area contributed by atoms with Gasteiger partial charge >= 0.3 is 6.18 Å². The van der Waals surface area contributed by atoms with Crippen molar-refractivity contribution < 1.29 is 18.0 Å². The van der Waals surface area contributed by atoms with Gasteiger partial charge in [-0.05, 0) is 41.8 Å². The molecule has 1 aromatic carbocycles. The van der Waals surface area contributed by atoms with E-state index in [1.54, 1.807) is 6.07 Å². The van der Waals surface area contributed by atoms with Crippen LogP contribution in [0.3, 0.4) is 0 Å². The molecule has 0 spiro atoms. The molecule has 142 valence electrons. The Hall–Kier alpha value is -2.45. The van der Waals surface area contributed by atoms with Crippen LogP contribution < -0.4 is 10.6 Å². The van der Waals surface area contributed by atoms with Crippen LogP contribution in [0.4, 0.5) is 18.9 Å². The number of pyridine rings is 1. The number of carbonyl (C=O) groups excluding carboxylic acids is 1. The largest absolute Gasteiger partial charge is 0.433 e. The van der Waals surface area contributed by atoms with Gasteiger partial charge in [-0.25, -0.2) is 0 Å². The van der Waals surface area contributed by atoms with Crippen LogP contribution in [0.5, 0.6) is 0 Å². The van der Waals surface area contributed by atoms with Gasteiger partial charge in [-0.2, -0.15) is 13.2 Å². The number of nitrogens with zero attached hydrogens (tertiary/aromatic N) is 2. The molecule has 1 fully saturated rings. The second-order valence-electron chi connectivity index (χ2n) is 6.80. The first-order valence-electron chi connectivity index (χ1n) is 8.84. The molecule has 1 amide bonds. The van der Waals surface area contributed by atoms with E-state index in [9.17, 15) is 18.0 Å². The van der Waals surface area contributed by atoms with Crippen LogP contribution in [0.15, 0.2) is 36.5 Å². The summed E-state index contributed by atoms with van der Waals surface area (Å²) in [6, 6.07) is 8.10. The molecular weight excluding hydrogens is 357 g/mol. The fraction of sp³-hybridized carbons (Fsp3) is 0.368. The first-order chi connectivity index (χ1) is 12.9. The molecule has 2 aliphatic rings. The van der Waals surface area contributed by atoms with Crippen LogP contribution in [0.2, 0.25) is 0 Å². The minimum atomic E-state index is -4.58. The first-order valence-corrected chi connectivity index (χ1v) is 8.84. The smallest absolute Gasteiger partial charge is 0.322 e. The molecule has 2 N–H and O–H groups in total. The van der Waals surface area contributed by atoms with Gasteiger partial charge in [0.2, 0.25) is 0 Å². The molecule has 0 radical (unpaired) electrons. The maximum atomic E-state index is 12.8. The fourth-order valence-corrected chi connectivity index (χ4v) is 3.74. The monoisotopic (exact) mass is 376 g/mol. The highest BCUT2D eigenvalue weighted by atomic mass is 19.4. The molecule has 3 heterocycles. The molecule has 0 aliphatic carbocycles. The van der Waals surface area contributed by atoms with E-state index in [0.717, 1.165) is 44.9 Å². The number of benzene rings is 1. The summed E-state index contributed by atoms with van der Waals surface area (Å²) in [4.78, 5) is 18.1. The predicted molar refractivity (Wildman–Crippen MR) is 94.5 cm³/mol. The number of hydrogen-bond donors (Lipinski definition) is 2. The summed E-state index contributed by atoms with van der Waals surface area (Å²) < 4.78 is 38.3. The number of anilines is 1. The number of fused-ring (bicyclic) bond motifs is 3. The molecular formula is C19H19F3N4O. The summed E-state index contributed by atoms with van der Waals surface area (Å²) >= 11 is 0. The molecule has 2 aromatic rings. The fourth-order valence-electron chi connectivity index (χ4n) is 3.74. The van der Waals surface area contributed by atoms with Gasteiger partial charge in [0.1, 0.15) is 5.69 Å². The lowest BCUT2D eigenvalue weighted by atomic mass is 9.91. The number of amides is 1. The molecule has 1 atom stereocenters. The average Bonchev–Trinajstić information content (AvgIpc) is 2.67. The Balaban J connectivity index is 1.53. The summed E-state index contributed by atoms with van der Waals surface area (Å²) in [7, 11) is 0. The third-order valence-corrected chi connectivity index (χ3v) is 5.10. The summed E-state index contributed by atoms with van der Waals surface area (Å²) in [6.07, 6.45) is -2.69. The number of alkyl halides is 3. The van der Waals surface area contributed by atoms with Crippen LogP contribution in [0, 0.1) is 0 Å². The molecule has 0 unspecified atom stereocenters. The van der Waals surface area contributed by atoms with E-state index in [2.05, 4.69) is 20.5 Å². The van der Waals surface area contributed by atoms with E-state index in [0.29, 0.717) is 11.7 Å². The van der Waals surface area contributed by atoms with E-state index in [4.69, 9.17) is 0 Å². The summed E-state index contributed by atoms with van der Waals surface area (Å²) in [6.45, 7) is 3.88. The van der Waals surface area contributed by atoms with Crippen LogP contribution in [-0.2, 0) is 12.6 Å². The zero-order chi connectivity index (χ0) is 19.0. The Morgan fingerprint density at radius 2 is 2.07 bits per heavy atom. The molecule has 4 rings (SSSR count). The lowest BCUT2D eigenvalue weighted by Gasteiger charge is -2.41. The molecule has 1 aromatic heterocycles. The van der Waals surface area contributed by atoms with E-state index in [1.165, 1.54) is 17.2 Å². The van der Waals surface area contributed by atoms with Crippen molar-refractivity contribution in [3.8, 4) is 0 Å². The molecule has 8 heteroatoms. The molecule has 5 nitrogen and oxygen atoms in total. The Bertz CT molecular complexity index is 868. The standard InChI is InChI=1S/C19H19F3N4O/c20-19(21,22)17-10-13(3-5-24-17)18(27)25-14-1-2-15-12(9-14)4-7-26-8-6-23-11-16(15)26/h1-3,5,9-10,16,23H,4,6-8,11H2,(H,25,27)/t16-/m1/s1. The zero-order valence-corrected chi connectivity index (χ0v) is 14.5. The second-order valence-corrected chi connectivity index (χ2v) is 6.80. The molecule has 27 heavy (non-hydrogen) atoms. The molecule has 0 bridgehead atoms. The maximum absolute atomic E-state index is 12.8. The Morgan fingerprint density at radius 1 is 1.22 bits per heavy atom. The summed E-state index contributed by atoms with van der Waals surface area (Å²) in [5.41, 5.74) is 1.85. The van der Waals surface area contributed by atoms with Gasteiger partial charge in [0, 0.05) is 49.7 Å². The molecule has 1 saturated heterocycles. The van der Waals surface area contributed by atoms with Gasteiger partial charge in [0.25, 0.3) is 5.91 Å². The Labute approximate surface area is 154 Å². The van der Waals surface area contributed by atoms with E-state index < -0.39 is 17.8 Å². The van der Waals surface area contributed by atoms with Crippen molar-refractivity contribution in [2.24, 2.45) is 0 Å². The van der Waals surface area contributed by atoms with Gasteiger partial charge in [-0.1, -0.05) is 6.07 Å². The normalized spacial score (nSPS) is 19.9. The van der Waals surface area contributed by atoms with Crippen LogP contribution in [0.25, 0.3) is 0 Å². The van der Waals surface area contributed by atoms with Crippen LogP contribution in [-0.4, -0.2) is 42.0 Å². The third kappa shape index (κ3) is 3.68. The van der Waals surface area contributed by atoms with Gasteiger partial charge in [0.15, 0.2) is 0 Å². The van der Waals surface area contributed by atoms with Gasteiger partial charge in [-0.3, -0.25) is 14.7 Å². The highest BCUT2D eigenvalue weighted by Gasteiger charge is 2.33. The van der Waals surface area contributed by atoms with Gasteiger partial charge < -0.3 is 10.6 Å². The van der Waals surface area contributed by atoms with Crippen molar-refractivity contribution in [1.29, 1.82) is 0 Å². The lowest BCUT2D eigenvalue weighted by Crippen LogP contribution is -2.48. The maximum Gasteiger partial charge on any atom is 0.433 e. The topological polar surface area (TPSA) is 57.3 Å². The number of aromatic nitrogens is 1. The van der Waals surface area contributed by atoms with E-state index in [1.807, 2.05) is 12.1 Å². The van der Waals surface area contributed by atoms with Crippen LogP contribution in [0.1, 0.15) is 33.2 Å². The minimum absolute atomic E-state index is 0.0716. The van der Waals surface area contributed by atoms with E-state index in [-0.39, 0.29) is 5.56 Å². The van der Waals surface area contributed by atoms with Crippen molar-refractivity contribution >= 4 is 11.6 Å². The highest BCUT2D eigenvalue weighted by molar-refractivity contribution is 6.04. The minimum Gasteiger partial charge on any atom is -0.322 e. The SMILES string of the molecule is O=C(Nc1ccc2c(c1)CCN1CCNC[C@H]21)c1ccnc(C(F)(F)F)c1. The van der Waals surface area contributed by atoms with Crippen molar-refractivity contribution in [2.45, 2.75) is 18.6 Å². The summed E-state index contributed by atoms with van der Waals surface area (Å²) in [5.74, 6) is -0.584. The molecule has 2 aliphatic heterocycles. The number of nitrogens with one attached hydrogen (secondary N) is 2. The summed E-state index contributed by atoms with van der Waals surface area (Å²) in [5, 5.41) is 6.10. The number of piperazine rings is 1. The molecule has 0 saturated carbocycles. The van der Waals surface area contributed by atoms with Crippen LogP contribution >= 0.6 is 0 Å². The zero-order valence-electron chi connectivity index (χ0n) is 14.5. The Kier molecular flexibility index (Phi) is 4.61. The van der Waals surface area contributed by atoms with Gasteiger partial charge in [-0.15, -0.1) is 0 Å². The predicted octanol–water partition coefficient (Wildman–Crippen LogP) is 2.86. The highest BCUT2D eigenvalue weighted by Crippen LogP contribution is 2.32. The van der Waals surface area contributed by atoms with Gasteiger partial charge in [0.05, 0.1) is 0 Å². The number of rotatable bonds is 2. The Morgan fingerprint density at radius 3 is 2.89 bits per heavy atom. The number of halogens is 3.